The average molecular weight is 227 g/mol. The van der Waals surface area contributed by atoms with Crippen LogP contribution in [0.3, 0.4) is 0 Å². The van der Waals surface area contributed by atoms with E-state index in [-0.39, 0.29) is 0 Å². The Morgan fingerprint density at radius 2 is 1.69 bits per heavy atom. The van der Waals surface area contributed by atoms with Crippen molar-refractivity contribution in [3.8, 4) is 0 Å². The number of likely N-dealkylation sites (N-methyl/N-ethyl adjacent to an activating group) is 1. The van der Waals surface area contributed by atoms with Gasteiger partial charge in [0.2, 0.25) is 0 Å². The Balaban J connectivity index is 1.91. The third-order valence-electron chi connectivity index (χ3n) is 3.43. The second-order valence-electron chi connectivity index (χ2n) is 5.40. The van der Waals surface area contributed by atoms with Crippen molar-refractivity contribution in [2.45, 2.75) is 38.1 Å². The van der Waals surface area contributed by atoms with E-state index in [1.54, 1.807) is 0 Å². The molecule has 0 spiro atoms. The Bertz CT molecular complexity index is 165. The van der Waals surface area contributed by atoms with E-state index in [4.69, 9.17) is 0 Å². The molecule has 0 aromatic rings. The lowest BCUT2D eigenvalue weighted by atomic mass is 10.2. The van der Waals surface area contributed by atoms with Gasteiger partial charge in [0, 0.05) is 19.1 Å². The molecule has 16 heavy (non-hydrogen) atoms. The largest absolute Gasteiger partial charge is 0.313 e. The minimum atomic E-state index is 0.815. The summed E-state index contributed by atoms with van der Waals surface area (Å²) < 4.78 is 0. The van der Waals surface area contributed by atoms with E-state index in [2.05, 4.69) is 36.3 Å². The van der Waals surface area contributed by atoms with Gasteiger partial charge in [-0.2, -0.15) is 0 Å². The molecule has 0 saturated heterocycles. The first-order valence-electron chi connectivity index (χ1n) is 6.75. The molecule has 0 bridgehead atoms. The molecule has 0 unspecified atom stereocenters. The lowest BCUT2D eigenvalue weighted by Crippen LogP contribution is -2.35. The third kappa shape index (κ3) is 6.46. The summed E-state index contributed by atoms with van der Waals surface area (Å²) in [6, 6.07) is 0.815. The standard InChI is InChI=1S/C13H29N3/c1-15(2)10-6-11-16(3)12-9-14-13-7-4-5-8-13/h13-14H,4-12H2,1-3H3. The Labute approximate surface area is 101 Å². The molecule has 0 amide bonds. The van der Waals surface area contributed by atoms with Crippen LogP contribution >= 0.6 is 0 Å². The van der Waals surface area contributed by atoms with Crippen LogP contribution in [0.15, 0.2) is 0 Å². The van der Waals surface area contributed by atoms with E-state index in [0.717, 1.165) is 12.6 Å². The van der Waals surface area contributed by atoms with Gasteiger partial charge >= 0.3 is 0 Å². The van der Waals surface area contributed by atoms with Crippen LogP contribution in [0.5, 0.6) is 0 Å². The van der Waals surface area contributed by atoms with Gasteiger partial charge in [-0.3, -0.25) is 0 Å². The molecule has 1 fully saturated rings. The molecule has 1 saturated carbocycles. The van der Waals surface area contributed by atoms with Crippen molar-refractivity contribution in [2.75, 3.05) is 47.3 Å². The van der Waals surface area contributed by atoms with Crippen LogP contribution in [0.25, 0.3) is 0 Å². The monoisotopic (exact) mass is 227 g/mol. The van der Waals surface area contributed by atoms with Crippen LogP contribution < -0.4 is 5.32 Å². The average Bonchev–Trinajstić information content (AvgIpc) is 2.70. The Kier molecular flexibility index (Phi) is 7.01. The van der Waals surface area contributed by atoms with Gasteiger partial charge in [-0.05, 0) is 53.5 Å². The first-order valence-corrected chi connectivity index (χ1v) is 6.75. The van der Waals surface area contributed by atoms with E-state index < -0.39 is 0 Å². The summed E-state index contributed by atoms with van der Waals surface area (Å²) in [6.45, 7) is 4.75. The van der Waals surface area contributed by atoms with Gasteiger partial charge in [0.1, 0.15) is 0 Å². The van der Waals surface area contributed by atoms with E-state index in [1.807, 2.05) is 0 Å². The van der Waals surface area contributed by atoms with E-state index in [0.29, 0.717) is 0 Å². The van der Waals surface area contributed by atoms with Gasteiger partial charge in [-0.1, -0.05) is 12.8 Å². The van der Waals surface area contributed by atoms with Crippen molar-refractivity contribution < 1.29 is 0 Å². The molecule has 1 rings (SSSR count). The second-order valence-corrected chi connectivity index (χ2v) is 5.40. The van der Waals surface area contributed by atoms with Crippen LogP contribution in [-0.4, -0.2) is 63.2 Å². The molecular formula is C13H29N3. The van der Waals surface area contributed by atoms with Crippen LogP contribution in [0, 0.1) is 0 Å². The fraction of sp³-hybridized carbons (Fsp3) is 1.00. The van der Waals surface area contributed by atoms with Gasteiger partial charge in [0.25, 0.3) is 0 Å². The second kappa shape index (κ2) is 8.04. The van der Waals surface area contributed by atoms with E-state index in [9.17, 15) is 0 Å². The summed E-state index contributed by atoms with van der Waals surface area (Å²) in [4.78, 5) is 4.69. The molecule has 3 heteroatoms. The summed E-state index contributed by atoms with van der Waals surface area (Å²) in [5.74, 6) is 0. The smallest absolute Gasteiger partial charge is 0.0104 e. The van der Waals surface area contributed by atoms with Crippen LogP contribution in [0.2, 0.25) is 0 Å². The molecule has 96 valence electrons. The SMILES string of the molecule is CN(C)CCCN(C)CCNC1CCCC1. The van der Waals surface area contributed by atoms with Crippen molar-refractivity contribution in [1.82, 2.24) is 15.1 Å². The topological polar surface area (TPSA) is 18.5 Å². The minimum Gasteiger partial charge on any atom is -0.313 e. The van der Waals surface area contributed by atoms with Crippen molar-refractivity contribution in [3.05, 3.63) is 0 Å². The molecule has 1 aliphatic carbocycles. The summed E-state index contributed by atoms with van der Waals surface area (Å²) in [5.41, 5.74) is 0. The highest BCUT2D eigenvalue weighted by atomic mass is 15.1. The Morgan fingerprint density at radius 1 is 1.00 bits per heavy atom. The third-order valence-corrected chi connectivity index (χ3v) is 3.43. The molecule has 0 aromatic heterocycles. The van der Waals surface area contributed by atoms with Crippen molar-refractivity contribution in [3.63, 3.8) is 0 Å². The fourth-order valence-electron chi connectivity index (χ4n) is 2.36. The molecule has 0 atom stereocenters. The molecular weight excluding hydrogens is 198 g/mol. The molecule has 0 aliphatic heterocycles. The Hall–Kier alpha value is -0.120. The molecule has 0 aromatic carbocycles. The normalized spacial score (nSPS) is 17.8. The zero-order valence-corrected chi connectivity index (χ0v) is 11.3. The summed E-state index contributed by atoms with van der Waals surface area (Å²) in [7, 11) is 6.51. The lowest BCUT2D eigenvalue weighted by Gasteiger charge is -2.19. The summed E-state index contributed by atoms with van der Waals surface area (Å²) in [6.07, 6.45) is 6.91. The predicted octanol–water partition coefficient (Wildman–Crippen LogP) is 1.40. The van der Waals surface area contributed by atoms with Gasteiger partial charge < -0.3 is 15.1 Å². The summed E-state index contributed by atoms with van der Waals surface area (Å²) >= 11 is 0. The van der Waals surface area contributed by atoms with Gasteiger partial charge in [-0.15, -0.1) is 0 Å². The number of nitrogens with zero attached hydrogens (tertiary/aromatic N) is 2. The van der Waals surface area contributed by atoms with Gasteiger partial charge in [0.15, 0.2) is 0 Å². The molecule has 0 heterocycles. The number of hydrogen-bond acceptors (Lipinski definition) is 3. The lowest BCUT2D eigenvalue weighted by molar-refractivity contribution is 0.295. The highest BCUT2D eigenvalue weighted by molar-refractivity contribution is 4.73. The molecule has 1 aliphatic rings. The molecule has 1 N–H and O–H groups in total. The summed E-state index contributed by atoms with van der Waals surface area (Å²) in [5, 5.41) is 3.66. The van der Waals surface area contributed by atoms with Gasteiger partial charge in [0.05, 0.1) is 0 Å². The molecule has 3 nitrogen and oxygen atoms in total. The number of nitrogens with one attached hydrogen (secondary N) is 1. The zero-order valence-electron chi connectivity index (χ0n) is 11.3. The van der Waals surface area contributed by atoms with Crippen molar-refractivity contribution in [1.29, 1.82) is 0 Å². The maximum absolute atomic E-state index is 3.66. The fourth-order valence-corrected chi connectivity index (χ4v) is 2.36. The van der Waals surface area contributed by atoms with Gasteiger partial charge in [-0.25, -0.2) is 0 Å². The zero-order chi connectivity index (χ0) is 11.8. The maximum atomic E-state index is 3.66. The van der Waals surface area contributed by atoms with Crippen molar-refractivity contribution in [2.24, 2.45) is 0 Å². The van der Waals surface area contributed by atoms with E-state index >= 15 is 0 Å². The Morgan fingerprint density at radius 3 is 2.31 bits per heavy atom. The maximum Gasteiger partial charge on any atom is 0.0104 e. The first kappa shape index (κ1) is 13.9. The van der Waals surface area contributed by atoms with Crippen LogP contribution in [0.4, 0.5) is 0 Å². The highest BCUT2D eigenvalue weighted by Gasteiger charge is 2.13. The molecule has 0 radical (unpaired) electrons. The van der Waals surface area contributed by atoms with E-state index in [1.165, 1.54) is 51.7 Å². The number of hydrogen-bond donors (Lipinski definition) is 1. The highest BCUT2D eigenvalue weighted by Crippen LogP contribution is 2.17. The number of rotatable bonds is 8. The van der Waals surface area contributed by atoms with Crippen LogP contribution in [-0.2, 0) is 0 Å². The first-order chi connectivity index (χ1) is 7.68. The van der Waals surface area contributed by atoms with Crippen LogP contribution in [0.1, 0.15) is 32.1 Å². The van der Waals surface area contributed by atoms with Crippen molar-refractivity contribution >= 4 is 0 Å². The predicted molar refractivity (Wildman–Crippen MR) is 70.9 cm³/mol. The quantitative estimate of drug-likeness (QED) is 0.676. The minimum absolute atomic E-state index is 0.815.